The molecule has 7 heteroatoms. The summed E-state index contributed by atoms with van der Waals surface area (Å²) in [6, 6.07) is 22.2. The highest BCUT2D eigenvalue weighted by molar-refractivity contribution is 5.94. The number of benzene rings is 3. The Hall–Kier alpha value is -3.87. The molecule has 3 heterocycles. The second-order valence-electron chi connectivity index (χ2n) is 8.50. The van der Waals surface area contributed by atoms with Crippen LogP contribution in [0.25, 0.3) is 33.5 Å². The lowest BCUT2D eigenvalue weighted by atomic mass is 10.1. The van der Waals surface area contributed by atoms with Gasteiger partial charge in [0.15, 0.2) is 5.82 Å². The van der Waals surface area contributed by atoms with Crippen LogP contribution in [-0.2, 0) is 6.61 Å². The third kappa shape index (κ3) is 3.91. The van der Waals surface area contributed by atoms with Crippen molar-refractivity contribution in [3.8, 4) is 17.3 Å². The molecule has 0 unspecified atom stereocenters. The van der Waals surface area contributed by atoms with E-state index in [9.17, 15) is 4.39 Å². The van der Waals surface area contributed by atoms with E-state index in [1.807, 2.05) is 54.6 Å². The molecule has 33 heavy (non-hydrogen) atoms. The number of piperidine rings is 1. The Morgan fingerprint density at radius 2 is 1.82 bits per heavy atom. The number of halogens is 1. The predicted octanol–water partition coefficient (Wildman–Crippen LogP) is 5.62. The lowest BCUT2D eigenvalue weighted by Gasteiger charge is -2.30. The molecule has 5 aromatic rings. The minimum absolute atomic E-state index is 0.516. The number of alkyl halides is 1. The van der Waals surface area contributed by atoms with Crippen molar-refractivity contribution in [1.29, 1.82) is 0 Å². The Labute approximate surface area is 190 Å². The molecule has 6 rings (SSSR count). The van der Waals surface area contributed by atoms with Gasteiger partial charge in [-0.15, -0.1) is 0 Å². The first-order valence-electron chi connectivity index (χ1n) is 11.3. The number of H-pyrrole nitrogens is 2. The molecular weight excluding hydrogens is 417 g/mol. The van der Waals surface area contributed by atoms with Crippen molar-refractivity contribution in [1.82, 2.24) is 20.2 Å². The third-order valence-electron chi connectivity index (χ3n) is 6.26. The minimum atomic E-state index is -0.680. The van der Waals surface area contributed by atoms with E-state index in [1.54, 1.807) is 0 Å². The summed E-state index contributed by atoms with van der Waals surface area (Å²) in [5, 5.41) is 8.60. The van der Waals surface area contributed by atoms with E-state index in [2.05, 4.69) is 32.2 Å². The van der Waals surface area contributed by atoms with Crippen LogP contribution in [0.5, 0.6) is 5.75 Å². The van der Waals surface area contributed by atoms with E-state index in [0.29, 0.717) is 25.3 Å². The lowest BCUT2D eigenvalue weighted by molar-refractivity contribution is 0.277. The van der Waals surface area contributed by atoms with Crippen molar-refractivity contribution in [2.75, 3.05) is 18.0 Å². The molecule has 1 fully saturated rings. The smallest absolute Gasteiger partial charge is 0.159 e. The second-order valence-corrected chi connectivity index (χ2v) is 8.50. The van der Waals surface area contributed by atoms with E-state index < -0.39 is 6.17 Å². The molecule has 0 saturated carbocycles. The van der Waals surface area contributed by atoms with Crippen molar-refractivity contribution < 1.29 is 9.13 Å². The molecule has 1 saturated heterocycles. The van der Waals surface area contributed by atoms with Gasteiger partial charge >= 0.3 is 0 Å². The highest BCUT2D eigenvalue weighted by atomic mass is 19.1. The average Bonchev–Trinajstić information content (AvgIpc) is 3.47. The summed E-state index contributed by atoms with van der Waals surface area (Å²) in [6.07, 6.45) is 0.492. The van der Waals surface area contributed by atoms with Gasteiger partial charge in [0.2, 0.25) is 0 Å². The number of nitrogens with one attached hydrogen (secondary N) is 2. The Morgan fingerprint density at radius 1 is 0.970 bits per heavy atom. The molecule has 0 atom stereocenters. The fraction of sp³-hybridized carbons (Fsp3) is 0.231. The topological polar surface area (TPSA) is 69.8 Å². The van der Waals surface area contributed by atoms with E-state index in [4.69, 9.17) is 9.72 Å². The number of nitrogens with zero attached hydrogens (tertiary/aromatic N) is 3. The maximum absolute atomic E-state index is 13.5. The van der Waals surface area contributed by atoms with E-state index in [-0.39, 0.29) is 0 Å². The minimum Gasteiger partial charge on any atom is -0.489 e. The summed E-state index contributed by atoms with van der Waals surface area (Å²) in [7, 11) is 0. The zero-order chi connectivity index (χ0) is 22.2. The number of rotatable bonds is 5. The SMILES string of the molecule is FC1CCN(c2ccc3nc(-c4n[nH]c5cc(OCc6ccccc6)ccc45)[nH]c3c2)CC1. The van der Waals surface area contributed by atoms with Crippen molar-refractivity contribution >= 4 is 27.6 Å². The number of hydrogen-bond donors (Lipinski definition) is 2. The van der Waals surface area contributed by atoms with Gasteiger partial charge < -0.3 is 14.6 Å². The molecule has 0 bridgehead atoms. The molecule has 3 aromatic carbocycles. The van der Waals surface area contributed by atoms with Gasteiger partial charge in [-0.3, -0.25) is 5.10 Å². The monoisotopic (exact) mass is 441 g/mol. The zero-order valence-electron chi connectivity index (χ0n) is 18.1. The molecule has 6 nitrogen and oxygen atoms in total. The van der Waals surface area contributed by atoms with E-state index >= 15 is 0 Å². The van der Waals surface area contributed by atoms with Gasteiger partial charge in [-0.25, -0.2) is 9.37 Å². The Bertz CT molecular complexity index is 1400. The first-order chi connectivity index (χ1) is 16.2. The second kappa shape index (κ2) is 8.24. The molecule has 2 aromatic heterocycles. The molecule has 0 radical (unpaired) electrons. The number of hydrogen-bond acceptors (Lipinski definition) is 4. The Morgan fingerprint density at radius 3 is 2.67 bits per heavy atom. The Kier molecular flexibility index (Phi) is 4.94. The number of aromatic nitrogens is 4. The third-order valence-corrected chi connectivity index (χ3v) is 6.26. The highest BCUT2D eigenvalue weighted by Gasteiger charge is 2.19. The number of aromatic amines is 2. The largest absolute Gasteiger partial charge is 0.489 e. The quantitative estimate of drug-likeness (QED) is 0.371. The molecule has 0 spiro atoms. The summed E-state index contributed by atoms with van der Waals surface area (Å²) in [5.74, 6) is 1.50. The Balaban J connectivity index is 1.25. The van der Waals surface area contributed by atoms with Crippen LogP contribution >= 0.6 is 0 Å². The highest BCUT2D eigenvalue weighted by Crippen LogP contribution is 2.30. The maximum atomic E-state index is 13.5. The van der Waals surface area contributed by atoms with Gasteiger partial charge in [-0.2, -0.15) is 5.10 Å². The first-order valence-corrected chi connectivity index (χ1v) is 11.3. The average molecular weight is 442 g/mol. The normalized spacial score (nSPS) is 14.9. The molecule has 1 aliphatic rings. The molecule has 0 aliphatic carbocycles. The summed E-state index contributed by atoms with van der Waals surface area (Å²) >= 11 is 0. The van der Waals surface area contributed by atoms with Gasteiger partial charge in [0.25, 0.3) is 0 Å². The molecule has 0 amide bonds. The number of ether oxygens (including phenoxy) is 1. The van der Waals surface area contributed by atoms with Gasteiger partial charge in [0.05, 0.1) is 16.6 Å². The number of anilines is 1. The van der Waals surface area contributed by atoms with Gasteiger partial charge in [0.1, 0.15) is 24.2 Å². The summed E-state index contributed by atoms with van der Waals surface area (Å²) in [5.41, 5.74) is 5.72. The van der Waals surface area contributed by atoms with Crippen molar-refractivity contribution in [2.45, 2.75) is 25.6 Å². The van der Waals surface area contributed by atoms with E-state index in [0.717, 1.165) is 57.7 Å². The molecule has 2 N–H and O–H groups in total. The van der Waals surface area contributed by atoms with Crippen LogP contribution in [0.4, 0.5) is 10.1 Å². The fourth-order valence-electron chi connectivity index (χ4n) is 4.42. The van der Waals surface area contributed by atoms with Crippen molar-refractivity contribution in [3.05, 3.63) is 72.3 Å². The van der Waals surface area contributed by atoms with Crippen molar-refractivity contribution in [2.24, 2.45) is 0 Å². The van der Waals surface area contributed by atoms with Crippen LogP contribution in [0.15, 0.2) is 66.7 Å². The van der Waals surface area contributed by atoms with Crippen molar-refractivity contribution in [3.63, 3.8) is 0 Å². The van der Waals surface area contributed by atoms with Crippen LogP contribution in [0, 0.1) is 0 Å². The van der Waals surface area contributed by atoms with Gasteiger partial charge in [0, 0.05) is 30.2 Å². The van der Waals surface area contributed by atoms with Crippen LogP contribution < -0.4 is 9.64 Å². The van der Waals surface area contributed by atoms with Gasteiger partial charge in [-0.1, -0.05) is 30.3 Å². The predicted molar refractivity (Wildman–Crippen MR) is 128 cm³/mol. The zero-order valence-corrected chi connectivity index (χ0v) is 18.1. The maximum Gasteiger partial charge on any atom is 0.159 e. The summed E-state index contributed by atoms with van der Waals surface area (Å²) in [6.45, 7) is 2.00. The van der Waals surface area contributed by atoms with Crippen LogP contribution in [-0.4, -0.2) is 39.4 Å². The summed E-state index contributed by atoms with van der Waals surface area (Å²) in [4.78, 5) is 10.4. The van der Waals surface area contributed by atoms with Crippen LogP contribution in [0.1, 0.15) is 18.4 Å². The number of imidazole rings is 1. The molecular formula is C26H24FN5O. The first kappa shape index (κ1) is 19.8. The molecule has 1 aliphatic heterocycles. The van der Waals surface area contributed by atoms with Gasteiger partial charge in [-0.05, 0) is 48.7 Å². The van der Waals surface area contributed by atoms with E-state index in [1.165, 1.54) is 0 Å². The van der Waals surface area contributed by atoms with Crippen LogP contribution in [0.3, 0.4) is 0 Å². The standard InChI is InChI=1S/C26H24FN5O/c27-18-10-12-32(13-11-18)19-6-9-22-24(14-19)29-26(28-22)25-21-8-7-20(15-23(21)30-31-25)33-16-17-4-2-1-3-5-17/h1-9,14-15,18H,10-13,16H2,(H,28,29)(H,30,31). The molecule has 166 valence electrons. The summed E-state index contributed by atoms with van der Waals surface area (Å²) < 4.78 is 19.4. The fourth-order valence-corrected chi connectivity index (χ4v) is 4.42. The lowest BCUT2D eigenvalue weighted by Crippen LogP contribution is -2.34. The van der Waals surface area contributed by atoms with Crippen LogP contribution in [0.2, 0.25) is 0 Å². The number of fused-ring (bicyclic) bond motifs is 2.